The number of H-pyrrole nitrogens is 1. The maximum absolute atomic E-state index is 11.7. The lowest BCUT2D eigenvalue weighted by Gasteiger charge is -2.14. The molecule has 2 aromatic rings. The summed E-state index contributed by atoms with van der Waals surface area (Å²) in [6.45, 7) is 1.52. The molecule has 0 saturated heterocycles. The van der Waals surface area contributed by atoms with Crippen molar-refractivity contribution >= 4 is 23.5 Å². The lowest BCUT2D eigenvalue weighted by Crippen LogP contribution is -2.31. The highest BCUT2D eigenvalue weighted by molar-refractivity contribution is 6.30. The molecule has 0 aliphatic rings. The van der Waals surface area contributed by atoms with Crippen LogP contribution in [0.1, 0.15) is 29.0 Å². The number of benzene rings is 1. The normalized spacial score (nSPS) is 11.7. The van der Waals surface area contributed by atoms with Crippen molar-refractivity contribution in [2.45, 2.75) is 13.0 Å². The summed E-state index contributed by atoms with van der Waals surface area (Å²) in [5, 5.41) is 3.16. The summed E-state index contributed by atoms with van der Waals surface area (Å²) in [6.07, 6.45) is 1.47. The van der Waals surface area contributed by atoms with Crippen molar-refractivity contribution in [3.63, 3.8) is 0 Å². The molecule has 1 unspecified atom stereocenters. The standard InChI is InChI=1S/C15H15ClN2O3/c1-10(11-5-3-2-4-6-11)18-14(19)9-21-15(20)13-7-12(16)8-17-13/h2-8,10,17H,9H2,1H3,(H,18,19). The Balaban J connectivity index is 1.81. The first kappa shape index (κ1) is 15.1. The van der Waals surface area contributed by atoms with Crippen molar-refractivity contribution < 1.29 is 14.3 Å². The van der Waals surface area contributed by atoms with Crippen molar-refractivity contribution in [3.05, 3.63) is 58.9 Å². The largest absolute Gasteiger partial charge is 0.451 e. The fourth-order valence-corrected chi connectivity index (χ4v) is 1.97. The molecule has 0 spiro atoms. The van der Waals surface area contributed by atoms with E-state index in [0.29, 0.717) is 5.02 Å². The van der Waals surface area contributed by atoms with Crippen LogP contribution in [0.15, 0.2) is 42.6 Å². The van der Waals surface area contributed by atoms with Gasteiger partial charge in [0.15, 0.2) is 6.61 Å². The number of carbonyl (C=O) groups is 2. The number of rotatable bonds is 5. The predicted molar refractivity (Wildman–Crippen MR) is 79.1 cm³/mol. The van der Waals surface area contributed by atoms with Gasteiger partial charge in [-0.05, 0) is 18.6 Å². The van der Waals surface area contributed by atoms with Crippen molar-refractivity contribution in [1.29, 1.82) is 0 Å². The molecule has 2 rings (SSSR count). The number of nitrogens with one attached hydrogen (secondary N) is 2. The Hall–Kier alpha value is -2.27. The van der Waals surface area contributed by atoms with Gasteiger partial charge in [0.25, 0.3) is 5.91 Å². The summed E-state index contributed by atoms with van der Waals surface area (Å²) >= 11 is 5.69. The molecular weight excluding hydrogens is 292 g/mol. The number of halogens is 1. The summed E-state index contributed by atoms with van der Waals surface area (Å²) < 4.78 is 4.90. The molecule has 2 N–H and O–H groups in total. The lowest BCUT2D eigenvalue weighted by atomic mass is 10.1. The van der Waals surface area contributed by atoms with Gasteiger partial charge in [0.1, 0.15) is 5.69 Å². The minimum atomic E-state index is -0.621. The van der Waals surface area contributed by atoms with Gasteiger partial charge in [-0.1, -0.05) is 41.9 Å². The Bertz CT molecular complexity index is 625. The zero-order chi connectivity index (χ0) is 15.2. The molecule has 1 aromatic carbocycles. The monoisotopic (exact) mass is 306 g/mol. The Morgan fingerprint density at radius 2 is 2.05 bits per heavy atom. The van der Waals surface area contributed by atoms with Gasteiger partial charge in [-0.2, -0.15) is 0 Å². The van der Waals surface area contributed by atoms with E-state index in [0.717, 1.165) is 5.56 Å². The van der Waals surface area contributed by atoms with Crippen LogP contribution < -0.4 is 5.32 Å². The average Bonchev–Trinajstić information content (AvgIpc) is 2.92. The Kier molecular flexibility index (Phi) is 5.00. The second kappa shape index (κ2) is 6.95. The SMILES string of the molecule is CC(NC(=O)COC(=O)c1cc(Cl)c[nH]1)c1ccccc1. The topological polar surface area (TPSA) is 71.2 Å². The second-order valence-electron chi connectivity index (χ2n) is 4.51. The minimum Gasteiger partial charge on any atom is -0.451 e. The van der Waals surface area contributed by atoms with E-state index in [1.54, 1.807) is 0 Å². The van der Waals surface area contributed by atoms with Crippen molar-refractivity contribution in [2.75, 3.05) is 6.61 Å². The third-order valence-electron chi connectivity index (χ3n) is 2.88. The molecule has 1 amide bonds. The van der Waals surface area contributed by atoms with Crippen LogP contribution in [0.4, 0.5) is 0 Å². The summed E-state index contributed by atoms with van der Waals surface area (Å²) in [5.74, 6) is -0.984. The molecular formula is C15H15ClN2O3. The molecule has 0 aliphatic heterocycles. The molecule has 1 atom stereocenters. The van der Waals surface area contributed by atoms with Gasteiger partial charge >= 0.3 is 5.97 Å². The summed E-state index contributed by atoms with van der Waals surface area (Å²) in [5.41, 5.74) is 1.19. The lowest BCUT2D eigenvalue weighted by molar-refractivity contribution is -0.124. The van der Waals surface area contributed by atoms with E-state index < -0.39 is 5.97 Å². The summed E-state index contributed by atoms with van der Waals surface area (Å²) in [6, 6.07) is 10.8. The van der Waals surface area contributed by atoms with Gasteiger partial charge in [-0.15, -0.1) is 0 Å². The van der Waals surface area contributed by atoms with Crippen molar-refractivity contribution in [1.82, 2.24) is 10.3 Å². The van der Waals surface area contributed by atoms with Gasteiger partial charge in [-0.25, -0.2) is 4.79 Å². The number of hydrogen-bond acceptors (Lipinski definition) is 3. The molecule has 0 aliphatic carbocycles. The van der Waals surface area contributed by atoms with Crippen LogP contribution in [0, 0.1) is 0 Å². The van der Waals surface area contributed by atoms with Gasteiger partial charge in [0.05, 0.1) is 11.1 Å². The van der Waals surface area contributed by atoms with Crippen LogP contribution in [-0.2, 0) is 9.53 Å². The Morgan fingerprint density at radius 1 is 1.33 bits per heavy atom. The van der Waals surface area contributed by atoms with E-state index in [2.05, 4.69) is 10.3 Å². The smallest absolute Gasteiger partial charge is 0.355 e. The first-order valence-corrected chi connectivity index (χ1v) is 6.79. The van der Waals surface area contributed by atoms with E-state index >= 15 is 0 Å². The minimum absolute atomic E-state index is 0.155. The number of aromatic nitrogens is 1. The fraction of sp³-hybridized carbons (Fsp3) is 0.200. The molecule has 1 heterocycles. The summed E-state index contributed by atoms with van der Waals surface area (Å²) in [4.78, 5) is 26.0. The van der Waals surface area contributed by atoms with Crippen molar-refractivity contribution in [2.24, 2.45) is 0 Å². The molecule has 0 fully saturated rings. The van der Waals surface area contributed by atoms with E-state index in [1.807, 2.05) is 37.3 Å². The maximum Gasteiger partial charge on any atom is 0.355 e. The number of amides is 1. The van der Waals surface area contributed by atoms with Crippen LogP contribution in [0.25, 0.3) is 0 Å². The first-order valence-electron chi connectivity index (χ1n) is 6.41. The van der Waals surface area contributed by atoms with Crippen LogP contribution in [0.3, 0.4) is 0 Å². The zero-order valence-corrected chi connectivity index (χ0v) is 12.2. The zero-order valence-electron chi connectivity index (χ0n) is 11.4. The summed E-state index contributed by atoms with van der Waals surface area (Å²) in [7, 11) is 0. The van der Waals surface area contributed by atoms with E-state index in [4.69, 9.17) is 16.3 Å². The van der Waals surface area contributed by atoms with E-state index in [-0.39, 0.29) is 24.2 Å². The van der Waals surface area contributed by atoms with Gasteiger partial charge < -0.3 is 15.0 Å². The third-order valence-corrected chi connectivity index (χ3v) is 3.10. The number of aromatic amines is 1. The number of esters is 1. The van der Waals surface area contributed by atoms with Crippen LogP contribution in [-0.4, -0.2) is 23.5 Å². The second-order valence-corrected chi connectivity index (χ2v) is 4.94. The number of hydrogen-bond donors (Lipinski definition) is 2. The molecule has 6 heteroatoms. The Morgan fingerprint density at radius 3 is 2.67 bits per heavy atom. The maximum atomic E-state index is 11.7. The third kappa shape index (κ3) is 4.36. The quantitative estimate of drug-likeness (QED) is 0.834. The first-order chi connectivity index (χ1) is 10.1. The average molecular weight is 307 g/mol. The van der Waals surface area contributed by atoms with Crippen LogP contribution >= 0.6 is 11.6 Å². The van der Waals surface area contributed by atoms with Crippen molar-refractivity contribution in [3.8, 4) is 0 Å². The molecule has 0 saturated carbocycles. The van der Waals surface area contributed by atoms with Gasteiger partial charge in [0, 0.05) is 6.20 Å². The Labute approximate surface area is 127 Å². The predicted octanol–water partition coefficient (Wildman–Crippen LogP) is 2.70. The fourth-order valence-electron chi connectivity index (χ4n) is 1.80. The van der Waals surface area contributed by atoms with E-state index in [9.17, 15) is 9.59 Å². The van der Waals surface area contributed by atoms with Crippen LogP contribution in [0.5, 0.6) is 0 Å². The molecule has 0 bridgehead atoms. The highest BCUT2D eigenvalue weighted by Gasteiger charge is 2.14. The molecule has 0 radical (unpaired) electrons. The highest BCUT2D eigenvalue weighted by atomic mass is 35.5. The van der Waals surface area contributed by atoms with Crippen LogP contribution in [0.2, 0.25) is 5.02 Å². The van der Waals surface area contributed by atoms with Gasteiger partial charge in [-0.3, -0.25) is 4.79 Å². The molecule has 110 valence electrons. The molecule has 21 heavy (non-hydrogen) atoms. The van der Waals surface area contributed by atoms with E-state index in [1.165, 1.54) is 12.3 Å². The van der Waals surface area contributed by atoms with Gasteiger partial charge in [0.2, 0.25) is 0 Å². The highest BCUT2D eigenvalue weighted by Crippen LogP contribution is 2.12. The number of carbonyl (C=O) groups excluding carboxylic acids is 2. The molecule has 1 aromatic heterocycles. The molecule has 5 nitrogen and oxygen atoms in total. The number of ether oxygens (including phenoxy) is 1.